The Morgan fingerprint density at radius 1 is 1.03 bits per heavy atom. The van der Waals surface area contributed by atoms with Gasteiger partial charge in [0.15, 0.2) is 0 Å². The number of ether oxygens (including phenoxy) is 1. The molecule has 2 aromatic carbocycles. The van der Waals surface area contributed by atoms with Crippen LogP contribution in [0.15, 0.2) is 70.1 Å². The summed E-state index contributed by atoms with van der Waals surface area (Å²) in [5, 5.41) is 0.751. The van der Waals surface area contributed by atoms with Crippen molar-refractivity contribution in [2.24, 2.45) is 0 Å². The van der Waals surface area contributed by atoms with E-state index >= 15 is 0 Å². The van der Waals surface area contributed by atoms with Crippen LogP contribution in [0.4, 0.5) is 5.69 Å². The lowest BCUT2D eigenvalue weighted by Gasteiger charge is -2.35. The molecule has 0 aliphatic carbocycles. The molecule has 0 unspecified atom stereocenters. The topological polar surface area (TPSA) is 45.9 Å². The minimum atomic E-state index is -0.151. The molecule has 1 aliphatic rings. The van der Waals surface area contributed by atoms with Gasteiger partial charge < -0.3 is 14.1 Å². The maximum Gasteiger partial charge on any atom is 0.227 e. The second kappa shape index (κ2) is 9.37. The first-order valence-corrected chi connectivity index (χ1v) is 10.5. The summed E-state index contributed by atoms with van der Waals surface area (Å²) in [4.78, 5) is 17.0. The predicted molar refractivity (Wildman–Crippen MR) is 119 cm³/mol. The molecule has 5 nitrogen and oxygen atoms in total. The molecule has 1 aliphatic heterocycles. The summed E-state index contributed by atoms with van der Waals surface area (Å²) in [6, 6.07) is 17.5. The summed E-state index contributed by atoms with van der Waals surface area (Å²) in [5.41, 5.74) is 3.18. The van der Waals surface area contributed by atoms with E-state index in [1.807, 2.05) is 49.4 Å². The molecule has 4 rings (SSSR count). The van der Waals surface area contributed by atoms with E-state index in [1.54, 1.807) is 0 Å². The molecule has 1 aromatic heterocycles. The monoisotopic (exact) mass is 424 g/mol. The Bertz CT molecular complexity index is 1060. The van der Waals surface area contributed by atoms with Gasteiger partial charge in [0.2, 0.25) is 11.2 Å². The molecule has 6 heteroatoms. The lowest BCUT2D eigenvalue weighted by Crippen LogP contribution is -2.46. The van der Waals surface area contributed by atoms with Crippen molar-refractivity contribution in [2.75, 3.05) is 31.1 Å². The molecule has 0 amide bonds. The average molecular weight is 425 g/mol. The third-order valence-electron chi connectivity index (χ3n) is 5.25. The number of aryl methyl sites for hydroxylation is 1. The van der Waals surface area contributed by atoms with Crippen LogP contribution in [0.5, 0.6) is 5.75 Å². The van der Waals surface area contributed by atoms with Gasteiger partial charge in [-0.1, -0.05) is 47.5 Å². The normalized spacial score (nSPS) is 14.7. The van der Waals surface area contributed by atoms with E-state index in [-0.39, 0.29) is 11.2 Å². The van der Waals surface area contributed by atoms with Gasteiger partial charge in [0.1, 0.15) is 18.6 Å². The number of hydrogen-bond acceptors (Lipinski definition) is 5. The van der Waals surface area contributed by atoms with Crippen LogP contribution in [-0.2, 0) is 13.2 Å². The van der Waals surface area contributed by atoms with Gasteiger partial charge in [0.25, 0.3) is 0 Å². The van der Waals surface area contributed by atoms with Gasteiger partial charge in [0.05, 0.1) is 6.54 Å². The molecular weight excluding hydrogens is 400 g/mol. The van der Waals surface area contributed by atoms with Crippen LogP contribution in [0.2, 0.25) is 5.02 Å². The summed E-state index contributed by atoms with van der Waals surface area (Å²) in [6.07, 6.45) is 1.43. The zero-order valence-electron chi connectivity index (χ0n) is 17.0. The standard InChI is InChI=1S/C24H25ClN2O3/c1-18-4-2-5-19(12-18)16-30-24-17-29-22(14-23(24)28)15-26-8-10-27(11-9-26)21-7-3-6-20(25)13-21/h2-7,12-14,17H,8-11,15-16H2,1H3. The Morgan fingerprint density at radius 3 is 2.57 bits per heavy atom. The molecule has 3 aromatic rings. The number of rotatable bonds is 6. The van der Waals surface area contributed by atoms with E-state index in [0.717, 1.165) is 48.0 Å². The fourth-order valence-electron chi connectivity index (χ4n) is 3.65. The Hall–Kier alpha value is -2.76. The van der Waals surface area contributed by atoms with Crippen molar-refractivity contribution in [3.05, 3.63) is 93.0 Å². The SMILES string of the molecule is Cc1cccc(COc2coc(CN3CCN(c4cccc(Cl)c4)CC3)cc2=O)c1. The minimum Gasteiger partial charge on any atom is -0.482 e. The second-order valence-electron chi connectivity index (χ2n) is 7.60. The fraction of sp³-hybridized carbons (Fsp3) is 0.292. The molecule has 0 spiro atoms. The van der Waals surface area contributed by atoms with Crippen LogP contribution < -0.4 is 15.1 Å². The highest BCUT2D eigenvalue weighted by Gasteiger charge is 2.18. The lowest BCUT2D eigenvalue weighted by molar-refractivity contribution is 0.224. The Balaban J connectivity index is 1.31. The summed E-state index contributed by atoms with van der Waals surface area (Å²) in [6.45, 7) is 6.57. The fourth-order valence-corrected chi connectivity index (χ4v) is 3.83. The maximum absolute atomic E-state index is 12.4. The first-order chi connectivity index (χ1) is 14.6. The minimum absolute atomic E-state index is 0.151. The summed E-state index contributed by atoms with van der Waals surface area (Å²) in [5.74, 6) is 0.894. The lowest BCUT2D eigenvalue weighted by atomic mass is 10.1. The van der Waals surface area contributed by atoms with Crippen molar-refractivity contribution >= 4 is 17.3 Å². The number of hydrogen-bond donors (Lipinski definition) is 0. The first kappa shape index (κ1) is 20.5. The zero-order chi connectivity index (χ0) is 20.9. The highest BCUT2D eigenvalue weighted by molar-refractivity contribution is 6.30. The van der Waals surface area contributed by atoms with E-state index in [9.17, 15) is 4.79 Å². The van der Waals surface area contributed by atoms with Gasteiger partial charge in [-0.2, -0.15) is 0 Å². The third kappa shape index (κ3) is 5.23. The molecule has 0 bridgehead atoms. The summed E-state index contributed by atoms with van der Waals surface area (Å²) >= 11 is 6.10. The Morgan fingerprint density at radius 2 is 1.83 bits per heavy atom. The first-order valence-electron chi connectivity index (χ1n) is 10.1. The van der Waals surface area contributed by atoms with Gasteiger partial charge in [-0.3, -0.25) is 9.69 Å². The van der Waals surface area contributed by atoms with Gasteiger partial charge in [-0.15, -0.1) is 0 Å². The van der Waals surface area contributed by atoms with Crippen LogP contribution in [0.25, 0.3) is 0 Å². The zero-order valence-corrected chi connectivity index (χ0v) is 17.8. The van der Waals surface area contributed by atoms with Crippen LogP contribution in [0, 0.1) is 6.92 Å². The average Bonchev–Trinajstić information content (AvgIpc) is 2.74. The maximum atomic E-state index is 12.4. The molecule has 0 N–H and O–H groups in total. The Labute approximate surface area is 181 Å². The van der Waals surface area contributed by atoms with Crippen LogP contribution in [0.3, 0.4) is 0 Å². The number of benzene rings is 2. The molecule has 2 heterocycles. The molecule has 0 saturated carbocycles. The van der Waals surface area contributed by atoms with Crippen molar-refractivity contribution < 1.29 is 9.15 Å². The molecular formula is C24H25ClN2O3. The molecule has 0 radical (unpaired) electrons. The quantitative estimate of drug-likeness (QED) is 0.583. The summed E-state index contributed by atoms with van der Waals surface area (Å²) < 4.78 is 11.3. The number of halogens is 1. The highest BCUT2D eigenvalue weighted by atomic mass is 35.5. The molecule has 1 saturated heterocycles. The number of nitrogens with zero attached hydrogens (tertiary/aromatic N) is 2. The summed E-state index contributed by atoms with van der Waals surface area (Å²) in [7, 11) is 0. The smallest absolute Gasteiger partial charge is 0.227 e. The van der Waals surface area contributed by atoms with E-state index < -0.39 is 0 Å². The van der Waals surface area contributed by atoms with Gasteiger partial charge >= 0.3 is 0 Å². The van der Waals surface area contributed by atoms with E-state index in [0.29, 0.717) is 18.9 Å². The van der Waals surface area contributed by atoms with Crippen molar-refractivity contribution in [1.29, 1.82) is 0 Å². The van der Waals surface area contributed by atoms with Crippen molar-refractivity contribution in [3.63, 3.8) is 0 Å². The van der Waals surface area contributed by atoms with E-state index in [2.05, 4.69) is 15.9 Å². The van der Waals surface area contributed by atoms with Gasteiger partial charge in [-0.25, -0.2) is 0 Å². The number of anilines is 1. The molecule has 156 valence electrons. The number of piperazine rings is 1. The van der Waals surface area contributed by atoms with Crippen molar-refractivity contribution in [2.45, 2.75) is 20.1 Å². The largest absolute Gasteiger partial charge is 0.482 e. The van der Waals surface area contributed by atoms with Crippen LogP contribution in [-0.4, -0.2) is 31.1 Å². The Kier molecular flexibility index (Phi) is 6.41. The molecule has 30 heavy (non-hydrogen) atoms. The van der Waals surface area contributed by atoms with E-state index in [1.165, 1.54) is 12.3 Å². The highest BCUT2D eigenvalue weighted by Crippen LogP contribution is 2.21. The van der Waals surface area contributed by atoms with Crippen molar-refractivity contribution in [1.82, 2.24) is 4.90 Å². The molecule has 1 fully saturated rings. The van der Waals surface area contributed by atoms with E-state index in [4.69, 9.17) is 20.8 Å². The molecule has 0 atom stereocenters. The third-order valence-corrected chi connectivity index (χ3v) is 5.49. The van der Waals surface area contributed by atoms with Gasteiger partial charge in [0, 0.05) is 43.0 Å². The predicted octanol–water partition coefficient (Wildman–Crippen LogP) is 4.50. The van der Waals surface area contributed by atoms with Crippen LogP contribution in [0.1, 0.15) is 16.9 Å². The second-order valence-corrected chi connectivity index (χ2v) is 8.03. The van der Waals surface area contributed by atoms with Crippen LogP contribution >= 0.6 is 11.6 Å². The van der Waals surface area contributed by atoms with Gasteiger partial charge in [-0.05, 0) is 30.7 Å². The van der Waals surface area contributed by atoms with Crippen molar-refractivity contribution in [3.8, 4) is 5.75 Å².